The minimum Gasteiger partial charge on any atom is -0.308 e. The highest BCUT2D eigenvalue weighted by atomic mass is 16.2. The molecule has 2 aromatic carbocycles. The molecule has 3 N–H and O–H groups in total. The van der Waals surface area contributed by atoms with Gasteiger partial charge < -0.3 is 10.6 Å². The average Bonchev–Trinajstić information content (AvgIpc) is 2.42. The third-order valence-electron chi connectivity index (χ3n) is 2.57. The number of hydrogen-bond donors (Lipinski definition) is 3. The van der Waals surface area contributed by atoms with E-state index < -0.39 is 12.1 Å². The highest BCUT2D eigenvalue weighted by Crippen LogP contribution is 2.08. The summed E-state index contributed by atoms with van der Waals surface area (Å²) in [7, 11) is 0. The predicted molar refractivity (Wildman–Crippen MR) is 78.8 cm³/mol. The predicted octanol–water partition coefficient (Wildman–Crippen LogP) is 3.35. The van der Waals surface area contributed by atoms with E-state index in [1.165, 1.54) is 0 Å². The van der Waals surface area contributed by atoms with E-state index in [0.717, 1.165) is 5.56 Å². The molecule has 0 spiro atoms. The van der Waals surface area contributed by atoms with Crippen LogP contribution in [-0.2, 0) is 0 Å². The van der Waals surface area contributed by atoms with Gasteiger partial charge in [-0.2, -0.15) is 0 Å². The third-order valence-corrected chi connectivity index (χ3v) is 2.57. The molecule has 0 unspecified atom stereocenters. The van der Waals surface area contributed by atoms with E-state index in [1.54, 1.807) is 36.4 Å². The molecule has 0 aliphatic carbocycles. The number of hydrogen-bond acceptors (Lipinski definition) is 2. The average molecular weight is 269 g/mol. The molecule has 5 heteroatoms. The van der Waals surface area contributed by atoms with Crippen molar-refractivity contribution in [1.29, 1.82) is 0 Å². The van der Waals surface area contributed by atoms with E-state index in [-0.39, 0.29) is 0 Å². The SMILES string of the molecule is Cc1ccc(NC(=O)NC(=O)Nc2ccccc2)cc1. The van der Waals surface area contributed by atoms with Gasteiger partial charge in [0.1, 0.15) is 0 Å². The Hall–Kier alpha value is -2.82. The molecule has 102 valence electrons. The molecule has 0 aromatic heterocycles. The second-order valence-electron chi connectivity index (χ2n) is 4.27. The van der Waals surface area contributed by atoms with Crippen LogP contribution in [0.15, 0.2) is 54.6 Å². The molecule has 0 fully saturated rings. The Kier molecular flexibility index (Phi) is 4.34. The molecule has 0 saturated carbocycles. The van der Waals surface area contributed by atoms with Crippen molar-refractivity contribution in [2.45, 2.75) is 6.92 Å². The summed E-state index contributed by atoms with van der Waals surface area (Å²) < 4.78 is 0. The van der Waals surface area contributed by atoms with E-state index in [2.05, 4.69) is 16.0 Å². The zero-order valence-electron chi connectivity index (χ0n) is 11.0. The number of nitrogens with one attached hydrogen (secondary N) is 3. The first-order valence-corrected chi connectivity index (χ1v) is 6.14. The summed E-state index contributed by atoms with van der Waals surface area (Å²) >= 11 is 0. The Morgan fingerprint density at radius 3 is 1.80 bits per heavy atom. The number of rotatable bonds is 2. The molecule has 2 rings (SSSR count). The molecule has 0 bridgehead atoms. The van der Waals surface area contributed by atoms with Crippen molar-refractivity contribution in [3.63, 3.8) is 0 Å². The van der Waals surface area contributed by atoms with E-state index in [4.69, 9.17) is 0 Å². The minimum atomic E-state index is -0.583. The Morgan fingerprint density at radius 1 is 0.750 bits per heavy atom. The van der Waals surface area contributed by atoms with Crippen LogP contribution in [0.1, 0.15) is 5.56 Å². The maximum Gasteiger partial charge on any atom is 0.327 e. The summed E-state index contributed by atoms with van der Waals surface area (Å²) in [4.78, 5) is 23.2. The summed E-state index contributed by atoms with van der Waals surface area (Å²) in [6, 6.07) is 15.0. The lowest BCUT2D eigenvalue weighted by Gasteiger charge is -2.08. The van der Waals surface area contributed by atoms with Gasteiger partial charge in [0.2, 0.25) is 0 Å². The first-order valence-electron chi connectivity index (χ1n) is 6.14. The fourth-order valence-corrected chi connectivity index (χ4v) is 1.59. The maximum atomic E-state index is 11.6. The van der Waals surface area contributed by atoms with Crippen LogP contribution in [0.5, 0.6) is 0 Å². The first kappa shape index (κ1) is 13.6. The molecule has 0 atom stereocenters. The largest absolute Gasteiger partial charge is 0.327 e. The Balaban J connectivity index is 1.85. The van der Waals surface area contributed by atoms with Crippen molar-refractivity contribution in [2.24, 2.45) is 0 Å². The Morgan fingerprint density at radius 2 is 1.25 bits per heavy atom. The van der Waals surface area contributed by atoms with E-state index in [0.29, 0.717) is 11.4 Å². The number of amides is 4. The molecule has 4 amide bonds. The van der Waals surface area contributed by atoms with Crippen molar-refractivity contribution in [3.05, 3.63) is 60.2 Å². The maximum absolute atomic E-state index is 11.6. The number of benzene rings is 2. The Bertz CT molecular complexity index is 594. The molecule has 0 aliphatic rings. The van der Waals surface area contributed by atoms with Gasteiger partial charge in [-0.1, -0.05) is 35.9 Å². The molecule has 0 radical (unpaired) electrons. The zero-order valence-corrected chi connectivity index (χ0v) is 11.0. The van der Waals surface area contributed by atoms with Crippen molar-refractivity contribution in [2.75, 3.05) is 10.6 Å². The van der Waals surface area contributed by atoms with Crippen molar-refractivity contribution in [1.82, 2.24) is 5.32 Å². The molecule has 2 aromatic rings. The van der Waals surface area contributed by atoms with Crippen LogP contribution in [0, 0.1) is 6.92 Å². The van der Waals surface area contributed by atoms with Gasteiger partial charge in [-0.15, -0.1) is 0 Å². The topological polar surface area (TPSA) is 70.2 Å². The monoisotopic (exact) mass is 269 g/mol. The number of aryl methyl sites for hydroxylation is 1. The molecule has 20 heavy (non-hydrogen) atoms. The van der Waals surface area contributed by atoms with Gasteiger partial charge in [-0.05, 0) is 31.2 Å². The molecular formula is C15H15N3O2. The van der Waals surface area contributed by atoms with Crippen LogP contribution >= 0.6 is 0 Å². The summed E-state index contributed by atoms with van der Waals surface area (Å²) in [5.41, 5.74) is 2.34. The normalized spacial score (nSPS) is 9.65. The van der Waals surface area contributed by atoms with Gasteiger partial charge in [-0.3, -0.25) is 5.32 Å². The third kappa shape index (κ3) is 4.13. The van der Waals surface area contributed by atoms with Crippen LogP contribution < -0.4 is 16.0 Å². The van der Waals surface area contributed by atoms with Crippen molar-refractivity contribution < 1.29 is 9.59 Å². The summed E-state index contributed by atoms with van der Waals surface area (Å²) in [5, 5.41) is 7.32. The summed E-state index contributed by atoms with van der Waals surface area (Å²) in [6.07, 6.45) is 0. The van der Waals surface area contributed by atoms with Gasteiger partial charge in [0.15, 0.2) is 0 Å². The number of anilines is 2. The molecular weight excluding hydrogens is 254 g/mol. The minimum absolute atomic E-state index is 0.581. The molecule has 5 nitrogen and oxygen atoms in total. The molecule has 0 saturated heterocycles. The second kappa shape index (κ2) is 6.38. The van der Waals surface area contributed by atoms with Gasteiger partial charge >= 0.3 is 12.1 Å². The fraction of sp³-hybridized carbons (Fsp3) is 0.0667. The van der Waals surface area contributed by atoms with E-state index in [1.807, 2.05) is 25.1 Å². The van der Waals surface area contributed by atoms with Crippen LogP contribution in [0.3, 0.4) is 0 Å². The lowest BCUT2D eigenvalue weighted by molar-refractivity contribution is 0.240. The lowest BCUT2D eigenvalue weighted by Crippen LogP contribution is -2.37. The first-order chi connectivity index (χ1) is 9.63. The number of urea groups is 2. The smallest absolute Gasteiger partial charge is 0.308 e. The van der Waals surface area contributed by atoms with Gasteiger partial charge in [0, 0.05) is 11.4 Å². The van der Waals surface area contributed by atoms with E-state index in [9.17, 15) is 9.59 Å². The van der Waals surface area contributed by atoms with Crippen molar-refractivity contribution >= 4 is 23.4 Å². The van der Waals surface area contributed by atoms with Gasteiger partial charge in [-0.25, -0.2) is 9.59 Å². The number of carbonyl (C=O) groups excluding carboxylic acids is 2. The van der Waals surface area contributed by atoms with Gasteiger partial charge in [0.25, 0.3) is 0 Å². The van der Waals surface area contributed by atoms with Crippen LogP contribution in [0.25, 0.3) is 0 Å². The molecule has 0 heterocycles. The van der Waals surface area contributed by atoms with Crippen LogP contribution in [0.4, 0.5) is 21.0 Å². The van der Waals surface area contributed by atoms with Crippen molar-refractivity contribution in [3.8, 4) is 0 Å². The standard InChI is InChI=1S/C15H15N3O2/c1-11-7-9-13(10-8-11)17-15(20)18-14(19)16-12-5-3-2-4-6-12/h2-10H,1H3,(H3,16,17,18,19,20). The number of carbonyl (C=O) groups is 2. The quantitative estimate of drug-likeness (QED) is 0.782. The Labute approximate surface area is 117 Å². The number of para-hydroxylation sites is 1. The second-order valence-corrected chi connectivity index (χ2v) is 4.27. The van der Waals surface area contributed by atoms with E-state index >= 15 is 0 Å². The highest BCUT2D eigenvalue weighted by molar-refractivity contribution is 6.05. The molecule has 0 aliphatic heterocycles. The van der Waals surface area contributed by atoms with Crippen LogP contribution in [-0.4, -0.2) is 12.1 Å². The number of imide groups is 1. The summed E-state index contributed by atoms with van der Waals surface area (Å²) in [5.74, 6) is 0. The highest BCUT2D eigenvalue weighted by Gasteiger charge is 2.07. The lowest BCUT2D eigenvalue weighted by atomic mass is 10.2. The van der Waals surface area contributed by atoms with Crippen LogP contribution in [0.2, 0.25) is 0 Å². The fourth-order valence-electron chi connectivity index (χ4n) is 1.59. The zero-order chi connectivity index (χ0) is 14.4. The summed E-state index contributed by atoms with van der Waals surface area (Å²) in [6.45, 7) is 1.96. The van der Waals surface area contributed by atoms with Gasteiger partial charge in [0.05, 0.1) is 0 Å².